The van der Waals surface area contributed by atoms with Crippen molar-refractivity contribution in [3.63, 3.8) is 0 Å². The summed E-state index contributed by atoms with van der Waals surface area (Å²) in [6, 6.07) is 2.20. The summed E-state index contributed by atoms with van der Waals surface area (Å²) in [4.78, 5) is 6.89. The van der Waals surface area contributed by atoms with Crippen LogP contribution in [-0.4, -0.2) is 50.6 Å². The average molecular weight is 337 g/mol. The lowest BCUT2D eigenvalue weighted by atomic mass is 9.93. The van der Waals surface area contributed by atoms with E-state index in [1.807, 2.05) is 7.05 Å². The van der Waals surface area contributed by atoms with E-state index in [0.29, 0.717) is 5.92 Å². The first-order chi connectivity index (χ1) is 11.2. The Labute approximate surface area is 145 Å². The van der Waals surface area contributed by atoms with Crippen LogP contribution in [0.25, 0.3) is 0 Å². The van der Waals surface area contributed by atoms with Crippen LogP contribution in [0.3, 0.4) is 0 Å². The number of hydrogen-bond donors (Lipinski definition) is 2. The van der Waals surface area contributed by atoms with Gasteiger partial charge >= 0.3 is 0 Å². The van der Waals surface area contributed by atoms with Crippen molar-refractivity contribution in [3.05, 3.63) is 22.4 Å². The first kappa shape index (κ1) is 18.3. The van der Waals surface area contributed by atoms with Gasteiger partial charge in [0.05, 0.1) is 0 Å². The molecule has 2 heterocycles. The number of nitrogens with one attached hydrogen (secondary N) is 2. The zero-order chi connectivity index (χ0) is 16.5. The predicted molar refractivity (Wildman–Crippen MR) is 102 cm³/mol. The summed E-state index contributed by atoms with van der Waals surface area (Å²) in [6.07, 6.45) is 3.94. The van der Waals surface area contributed by atoms with E-state index in [0.717, 1.165) is 25.0 Å². The molecule has 23 heavy (non-hydrogen) atoms. The summed E-state index contributed by atoms with van der Waals surface area (Å²) in [5.74, 6) is 2.31. The fraction of sp³-hybridized carbons (Fsp3) is 0.722. The van der Waals surface area contributed by atoms with Crippen molar-refractivity contribution in [2.45, 2.75) is 39.0 Å². The van der Waals surface area contributed by atoms with E-state index < -0.39 is 0 Å². The van der Waals surface area contributed by atoms with Crippen LogP contribution in [0, 0.1) is 5.92 Å². The second-order valence-electron chi connectivity index (χ2n) is 6.50. The summed E-state index contributed by atoms with van der Waals surface area (Å²) >= 11 is 1.76. The minimum atomic E-state index is 0.512. The normalized spacial score (nSPS) is 18.8. The SMILES string of the molecule is CCN1CCC(CCNC(=NC)NCC(C)c2ccsc2)CC1. The van der Waals surface area contributed by atoms with E-state index in [-0.39, 0.29) is 0 Å². The second kappa shape index (κ2) is 9.93. The number of likely N-dealkylation sites (tertiary alicyclic amines) is 1. The highest BCUT2D eigenvalue weighted by atomic mass is 32.1. The van der Waals surface area contributed by atoms with Crippen LogP contribution in [0.1, 0.15) is 44.6 Å². The van der Waals surface area contributed by atoms with Gasteiger partial charge in [-0.2, -0.15) is 11.3 Å². The molecule has 1 saturated heterocycles. The molecule has 1 aliphatic rings. The minimum absolute atomic E-state index is 0.512. The molecular weight excluding hydrogens is 304 g/mol. The number of guanidine groups is 1. The van der Waals surface area contributed by atoms with Gasteiger partial charge in [-0.15, -0.1) is 0 Å². The first-order valence-corrected chi connectivity index (χ1v) is 9.86. The van der Waals surface area contributed by atoms with Crippen LogP contribution < -0.4 is 10.6 Å². The van der Waals surface area contributed by atoms with Gasteiger partial charge in [-0.05, 0) is 73.1 Å². The van der Waals surface area contributed by atoms with E-state index in [1.54, 1.807) is 11.3 Å². The van der Waals surface area contributed by atoms with Gasteiger partial charge in [-0.3, -0.25) is 4.99 Å². The molecule has 0 saturated carbocycles. The molecule has 1 aromatic heterocycles. The summed E-state index contributed by atoms with van der Waals surface area (Å²) in [6.45, 7) is 10.2. The lowest BCUT2D eigenvalue weighted by molar-refractivity contribution is 0.187. The Kier molecular flexibility index (Phi) is 7.89. The highest BCUT2D eigenvalue weighted by Crippen LogP contribution is 2.19. The van der Waals surface area contributed by atoms with E-state index in [4.69, 9.17) is 0 Å². The van der Waals surface area contributed by atoms with E-state index in [9.17, 15) is 0 Å². The van der Waals surface area contributed by atoms with Gasteiger partial charge in [0, 0.05) is 20.1 Å². The largest absolute Gasteiger partial charge is 0.356 e. The Morgan fingerprint density at radius 2 is 2.17 bits per heavy atom. The maximum atomic E-state index is 4.34. The van der Waals surface area contributed by atoms with Gasteiger partial charge in [0.2, 0.25) is 0 Å². The third-order valence-corrected chi connectivity index (χ3v) is 5.61. The Morgan fingerprint density at radius 3 is 2.78 bits per heavy atom. The summed E-state index contributed by atoms with van der Waals surface area (Å²) in [5, 5.41) is 11.3. The molecule has 1 aliphatic heterocycles. The molecule has 130 valence electrons. The third kappa shape index (κ3) is 6.15. The molecule has 1 atom stereocenters. The van der Waals surface area contributed by atoms with Crippen molar-refractivity contribution < 1.29 is 0 Å². The van der Waals surface area contributed by atoms with Gasteiger partial charge in [0.15, 0.2) is 5.96 Å². The van der Waals surface area contributed by atoms with Crippen molar-refractivity contribution in [1.29, 1.82) is 0 Å². The summed E-state index contributed by atoms with van der Waals surface area (Å²) in [5.41, 5.74) is 1.40. The molecule has 5 heteroatoms. The van der Waals surface area contributed by atoms with Crippen LogP contribution in [0.2, 0.25) is 0 Å². The number of piperidine rings is 1. The topological polar surface area (TPSA) is 39.7 Å². The van der Waals surface area contributed by atoms with Gasteiger partial charge in [-0.25, -0.2) is 0 Å². The number of aliphatic imine (C=N–C) groups is 1. The predicted octanol–water partition coefficient (Wildman–Crippen LogP) is 3.14. The molecule has 1 fully saturated rings. The van der Waals surface area contributed by atoms with Crippen molar-refractivity contribution in [2.75, 3.05) is 39.8 Å². The lowest BCUT2D eigenvalue weighted by Crippen LogP contribution is -2.40. The molecule has 4 nitrogen and oxygen atoms in total. The van der Waals surface area contributed by atoms with Crippen LogP contribution in [0.5, 0.6) is 0 Å². The van der Waals surface area contributed by atoms with E-state index >= 15 is 0 Å². The number of thiophene rings is 1. The standard InChI is InChI=1S/C18H32N4S/c1-4-22-10-6-16(7-11-22)5-9-20-18(19-3)21-13-15(2)17-8-12-23-14-17/h8,12,14-16H,4-7,9-11,13H2,1-3H3,(H2,19,20,21). The highest BCUT2D eigenvalue weighted by molar-refractivity contribution is 7.07. The molecule has 0 amide bonds. The van der Waals surface area contributed by atoms with E-state index in [1.165, 1.54) is 44.5 Å². The van der Waals surface area contributed by atoms with Crippen LogP contribution >= 0.6 is 11.3 Å². The van der Waals surface area contributed by atoms with E-state index in [2.05, 4.69) is 51.2 Å². The zero-order valence-corrected chi connectivity index (χ0v) is 15.7. The minimum Gasteiger partial charge on any atom is -0.356 e. The van der Waals surface area contributed by atoms with Crippen LogP contribution in [-0.2, 0) is 0 Å². The zero-order valence-electron chi connectivity index (χ0n) is 14.8. The molecule has 1 aromatic rings. The maximum Gasteiger partial charge on any atom is 0.190 e. The van der Waals surface area contributed by atoms with Crippen LogP contribution in [0.4, 0.5) is 0 Å². The van der Waals surface area contributed by atoms with Gasteiger partial charge in [0.25, 0.3) is 0 Å². The Bertz CT molecular complexity index is 450. The quantitative estimate of drug-likeness (QED) is 0.593. The number of hydrogen-bond acceptors (Lipinski definition) is 3. The van der Waals surface area contributed by atoms with Crippen molar-refractivity contribution >= 4 is 17.3 Å². The van der Waals surface area contributed by atoms with Crippen molar-refractivity contribution in [2.24, 2.45) is 10.9 Å². The molecule has 1 unspecified atom stereocenters. The monoisotopic (exact) mass is 336 g/mol. The summed E-state index contributed by atoms with van der Waals surface area (Å²) in [7, 11) is 1.85. The Balaban J connectivity index is 1.62. The molecule has 2 rings (SSSR count). The molecule has 2 N–H and O–H groups in total. The Morgan fingerprint density at radius 1 is 1.39 bits per heavy atom. The van der Waals surface area contributed by atoms with Gasteiger partial charge < -0.3 is 15.5 Å². The molecule has 0 radical (unpaired) electrons. The molecule has 0 bridgehead atoms. The van der Waals surface area contributed by atoms with Gasteiger partial charge in [0.1, 0.15) is 0 Å². The number of rotatable bonds is 7. The number of nitrogens with zero attached hydrogens (tertiary/aromatic N) is 2. The fourth-order valence-electron chi connectivity index (χ4n) is 3.13. The average Bonchev–Trinajstić information content (AvgIpc) is 3.13. The maximum absolute atomic E-state index is 4.34. The van der Waals surface area contributed by atoms with Crippen LogP contribution in [0.15, 0.2) is 21.8 Å². The Hall–Kier alpha value is -1.07. The highest BCUT2D eigenvalue weighted by Gasteiger charge is 2.17. The smallest absolute Gasteiger partial charge is 0.190 e. The first-order valence-electron chi connectivity index (χ1n) is 8.91. The molecule has 0 aliphatic carbocycles. The van der Waals surface area contributed by atoms with Gasteiger partial charge in [-0.1, -0.05) is 13.8 Å². The lowest BCUT2D eigenvalue weighted by Gasteiger charge is -2.31. The summed E-state index contributed by atoms with van der Waals surface area (Å²) < 4.78 is 0. The third-order valence-electron chi connectivity index (χ3n) is 4.91. The second-order valence-corrected chi connectivity index (χ2v) is 7.28. The molecular formula is C18H32N4S. The molecule has 0 spiro atoms. The molecule has 0 aromatic carbocycles. The van der Waals surface area contributed by atoms with Crippen molar-refractivity contribution in [1.82, 2.24) is 15.5 Å². The van der Waals surface area contributed by atoms with Crippen molar-refractivity contribution in [3.8, 4) is 0 Å². The fourth-order valence-corrected chi connectivity index (χ4v) is 3.91.